The van der Waals surface area contributed by atoms with Gasteiger partial charge in [0.2, 0.25) is 0 Å². The number of hydrogen-bond donors (Lipinski definition) is 1. The standard InChI is InChI=1S/C4H11N.C3H6/c1-3-4(2)5;1-3-2/h4H,3,5H2,1-2H3;3H,1H2,2H3. The highest BCUT2D eigenvalue weighted by atomic mass is 14.6. The van der Waals surface area contributed by atoms with Gasteiger partial charge in [0.1, 0.15) is 0 Å². The molecule has 0 radical (unpaired) electrons. The number of hydrogen-bond acceptors (Lipinski definition) is 1. The molecule has 50 valence electrons. The first-order chi connectivity index (χ1) is 3.68. The van der Waals surface area contributed by atoms with Crippen LogP contribution >= 0.6 is 0 Å². The van der Waals surface area contributed by atoms with Crippen LogP contribution in [0.25, 0.3) is 0 Å². The summed E-state index contributed by atoms with van der Waals surface area (Å²) < 4.78 is 0. The second kappa shape index (κ2) is 9.85. The Labute approximate surface area is 52.6 Å². The van der Waals surface area contributed by atoms with E-state index in [4.69, 9.17) is 5.73 Å². The molecule has 0 heterocycles. The Hall–Kier alpha value is -0.300. The summed E-state index contributed by atoms with van der Waals surface area (Å²) in [6.45, 7) is 9.32. The van der Waals surface area contributed by atoms with Gasteiger partial charge in [-0.15, -0.1) is 6.58 Å². The van der Waals surface area contributed by atoms with Crippen LogP contribution < -0.4 is 5.73 Å². The Morgan fingerprint density at radius 3 is 1.88 bits per heavy atom. The minimum atomic E-state index is 0.384. The summed E-state index contributed by atoms with van der Waals surface area (Å²) in [5.41, 5.74) is 5.29. The molecule has 0 aromatic carbocycles. The summed E-state index contributed by atoms with van der Waals surface area (Å²) in [5, 5.41) is 0. The second-order valence-electron chi connectivity index (χ2n) is 1.79. The molecule has 0 amide bonds. The van der Waals surface area contributed by atoms with Gasteiger partial charge in [-0.2, -0.15) is 0 Å². The van der Waals surface area contributed by atoms with Crippen molar-refractivity contribution in [3.63, 3.8) is 0 Å². The van der Waals surface area contributed by atoms with E-state index in [1.165, 1.54) is 0 Å². The summed E-state index contributed by atoms with van der Waals surface area (Å²) in [4.78, 5) is 0. The Morgan fingerprint density at radius 2 is 1.88 bits per heavy atom. The van der Waals surface area contributed by atoms with Gasteiger partial charge < -0.3 is 5.73 Å². The minimum absolute atomic E-state index is 0.384. The van der Waals surface area contributed by atoms with E-state index < -0.39 is 0 Å². The van der Waals surface area contributed by atoms with E-state index in [9.17, 15) is 0 Å². The van der Waals surface area contributed by atoms with Crippen LogP contribution in [-0.4, -0.2) is 6.04 Å². The van der Waals surface area contributed by atoms with Crippen LogP contribution in [0.15, 0.2) is 12.7 Å². The molecule has 0 aliphatic carbocycles. The van der Waals surface area contributed by atoms with Crippen molar-refractivity contribution >= 4 is 0 Å². The quantitative estimate of drug-likeness (QED) is 0.519. The van der Waals surface area contributed by atoms with E-state index in [0.717, 1.165) is 6.42 Å². The molecule has 0 spiro atoms. The molecule has 1 unspecified atom stereocenters. The molecule has 1 atom stereocenters. The summed E-state index contributed by atoms with van der Waals surface area (Å²) in [6.07, 6.45) is 2.83. The van der Waals surface area contributed by atoms with Crippen LogP contribution in [0.5, 0.6) is 0 Å². The first kappa shape index (κ1) is 10.6. The van der Waals surface area contributed by atoms with Crippen molar-refractivity contribution in [1.29, 1.82) is 0 Å². The largest absolute Gasteiger partial charge is 0.328 e. The first-order valence-electron chi connectivity index (χ1n) is 3.01. The van der Waals surface area contributed by atoms with Gasteiger partial charge in [-0.3, -0.25) is 0 Å². The Kier molecular flexibility index (Phi) is 13.1. The maximum Gasteiger partial charge on any atom is 0.000781 e. The van der Waals surface area contributed by atoms with Crippen molar-refractivity contribution in [3.8, 4) is 0 Å². The Bertz CT molecular complexity index is 39.7. The van der Waals surface area contributed by atoms with Gasteiger partial charge in [0.15, 0.2) is 0 Å². The molecule has 0 rings (SSSR count). The summed E-state index contributed by atoms with van der Waals surface area (Å²) in [6, 6.07) is 0.384. The lowest BCUT2D eigenvalue weighted by atomic mass is 10.3. The monoisotopic (exact) mass is 115 g/mol. The maximum absolute atomic E-state index is 5.29. The third-order valence-corrected chi connectivity index (χ3v) is 0.644. The highest BCUT2D eigenvalue weighted by Crippen LogP contribution is 1.77. The lowest BCUT2D eigenvalue weighted by Gasteiger charge is -1.91. The average Bonchev–Trinajstić information content (AvgIpc) is 1.69. The fourth-order valence-corrected chi connectivity index (χ4v) is 0. The smallest absolute Gasteiger partial charge is 0.000781 e. The summed E-state index contributed by atoms with van der Waals surface area (Å²) >= 11 is 0. The third-order valence-electron chi connectivity index (χ3n) is 0.644. The molecule has 0 saturated heterocycles. The zero-order chi connectivity index (χ0) is 6.99. The van der Waals surface area contributed by atoms with Gasteiger partial charge in [-0.25, -0.2) is 0 Å². The SMILES string of the molecule is C=CC.CCC(C)N. The zero-order valence-electron chi connectivity index (χ0n) is 6.15. The Morgan fingerprint density at radius 1 is 1.75 bits per heavy atom. The third kappa shape index (κ3) is 43.6. The van der Waals surface area contributed by atoms with E-state index in [2.05, 4.69) is 13.5 Å². The topological polar surface area (TPSA) is 26.0 Å². The summed E-state index contributed by atoms with van der Waals surface area (Å²) in [7, 11) is 0. The van der Waals surface area contributed by atoms with Crippen molar-refractivity contribution in [1.82, 2.24) is 0 Å². The van der Waals surface area contributed by atoms with Crippen molar-refractivity contribution in [3.05, 3.63) is 12.7 Å². The van der Waals surface area contributed by atoms with Gasteiger partial charge in [-0.1, -0.05) is 13.0 Å². The van der Waals surface area contributed by atoms with E-state index >= 15 is 0 Å². The number of rotatable bonds is 1. The zero-order valence-corrected chi connectivity index (χ0v) is 6.15. The lowest BCUT2D eigenvalue weighted by molar-refractivity contribution is 0.715. The van der Waals surface area contributed by atoms with E-state index in [1.807, 2.05) is 13.8 Å². The molecule has 0 bridgehead atoms. The van der Waals surface area contributed by atoms with E-state index in [-0.39, 0.29) is 0 Å². The van der Waals surface area contributed by atoms with Crippen LogP contribution in [0.3, 0.4) is 0 Å². The molecule has 0 aromatic rings. The second-order valence-corrected chi connectivity index (χ2v) is 1.79. The van der Waals surface area contributed by atoms with E-state index in [0.29, 0.717) is 6.04 Å². The fourth-order valence-electron chi connectivity index (χ4n) is 0. The predicted octanol–water partition coefficient (Wildman–Crippen LogP) is 1.94. The molecule has 2 N–H and O–H groups in total. The Balaban J connectivity index is 0. The molecular weight excluding hydrogens is 98.1 g/mol. The molecule has 0 saturated carbocycles. The maximum atomic E-state index is 5.29. The van der Waals surface area contributed by atoms with Crippen molar-refractivity contribution < 1.29 is 0 Å². The molecule has 0 aliphatic rings. The van der Waals surface area contributed by atoms with Crippen LogP contribution in [0, 0.1) is 0 Å². The van der Waals surface area contributed by atoms with Crippen molar-refractivity contribution in [2.45, 2.75) is 33.2 Å². The highest BCUT2D eigenvalue weighted by Gasteiger charge is 1.79. The molecular formula is C7H17N. The highest BCUT2D eigenvalue weighted by molar-refractivity contribution is 4.51. The molecule has 0 fully saturated rings. The molecule has 0 aliphatic heterocycles. The molecule has 1 heteroatoms. The van der Waals surface area contributed by atoms with Crippen LogP contribution in [-0.2, 0) is 0 Å². The van der Waals surface area contributed by atoms with Crippen LogP contribution in [0.1, 0.15) is 27.2 Å². The first-order valence-corrected chi connectivity index (χ1v) is 3.01. The average molecular weight is 115 g/mol. The van der Waals surface area contributed by atoms with Crippen LogP contribution in [0.2, 0.25) is 0 Å². The van der Waals surface area contributed by atoms with Crippen LogP contribution in [0.4, 0.5) is 0 Å². The van der Waals surface area contributed by atoms with Gasteiger partial charge in [0.25, 0.3) is 0 Å². The molecule has 1 nitrogen and oxygen atoms in total. The van der Waals surface area contributed by atoms with Crippen molar-refractivity contribution in [2.24, 2.45) is 5.73 Å². The molecule has 0 aromatic heterocycles. The fraction of sp³-hybridized carbons (Fsp3) is 0.714. The van der Waals surface area contributed by atoms with E-state index in [1.54, 1.807) is 6.08 Å². The van der Waals surface area contributed by atoms with Gasteiger partial charge in [0.05, 0.1) is 0 Å². The van der Waals surface area contributed by atoms with Gasteiger partial charge >= 0.3 is 0 Å². The van der Waals surface area contributed by atoms with Gasteiger partial charge in [0, 0.05) is 6.04 Å². The summed E-state index contributed by atoms with van der Waals surface area (Å²) in [5.74, 6) is 0. The number of allylic oxidation sites excluding steroid dienone is 1. The normalized spacial score (nSPS) is 11.0. The predicted molar refractivity (Wildman–Crippen MR) is 39.8 cm³/mol. The van der Waals surface area contributed by atoms with Crippen molar-refractivity contribution in [2.75, 3.05) is 0 Å². The number of nitrogens with two attached hydrogens (primary N) is 1. The lowest BCUT2D eigenvalue weighted by Crippen LogP contribution is -2.11. The van der Waals surface area contributed by atoms with Gasteiger partial charge in [-0.05, 0) is 20.3 Å². The minimum Gasteiger partial charge on any atom is -0.328 e. The molecule has 8 heavy (non-hydrogen) atoms.